The number of hydrogen-bond donors (Lipinski definition) is 2. The molecule has 0 spiro atoms. The Morgan fingerprint density at radius 3 is 2.65 bits per heavy atom. The van der Waals surface area contributed by atoms with Crippen LogP contribution in [0, 0.1) is 5.92 Å². The summed E-state index contributed by atoms with van der Waals surface area (Å²) in [4.78, 5) is 12.0. The minimum absolute atomic E-state index is 0.128. The molecule has 2 rings (SSSR count). The van der Waals surface area contributed by atoms with Gasteiger partial charge in [0.2, 0.25) is 0 Å². The fourth-order valence-electron chi connectivity index (χ4n) is 2.62. The molecule has 0 bridgehead atoms. The Balaban J connectivity index is 2.03. The second-order valence-corrected chi connectivity index (χ2v) is 7.85. The standard InChI is InChI=1S/C17H25N3O2S/c1-12(2)10-20-8-7-14-9-15(5-6-16(14)20)19-17(21)18-13(3)11-23(4)22/h5-9,12-13H,10-11H2,1-4H3,(H2,18,19,21)/t13-,23+/m1/s1. The molecule has 1 aromatic heterocycles. The second-order valence-electron chi connectivity index (χ2n) is 6.37. The van der Waals surface area contributed by atoms with Crippen LogP contribution in [0.4, 0.5) is 10.5 Å². The molecule has 0 aliphatic carbocycles. The number of carbonyl (C=O) groups excluding carboxylic acids is 1. The van der Waals surface area contributed by atoms with E-state index in [0.29, 0.717) is 11.7 Å². The molecule has 0 fully saturated rings. The van der Waals surface area contributed by atoms with Crippen LogP contribution < -0.4 is 10.6 Å². The lowest BCUT2D eigenvalue weighted by atomic mass is 10.2. The summed E-state index contributed by atoms with van der Waals surface area (Å²) < 4.78 is 13.4. The average Bonchev–Trinajstić information content (AvgIpc) is 2.79. The van der Waals surface area contributed by atoms with Gasteiger partial charge in [-0.2, -0.15) is 0 Å². The molecule has 6 heteroatoms. The fourth-order valence-corrected chi connectivity index (χ4v) is 3.40. The predicted molar refractivity (Wildman–Crippen MR) is 97.3 cm³/mol. The van der Waals surface area contributed by atoms with E-state index in [0.717, 1.165) is 17.6 Å². The molecule has 0 unspecified atom stereocenters. The predicted octanol–water partition coefficient (Wildman–Crippen LogP) is 3.19. The third-order valence-corrected chi connectivity index (χ3v) is 4.42. The number of aromatic nitrogens is 1. The zero-order chi connectivity index (χ0) is 17.0. The molecule has 1 aromatic carbocycles. The molecule has 5 nitrogen and oxygen atoms in total. The van der Waals surface area contributed by atoms with E-state index in [2.05, 4.69) is 41.3 Å². The lowest BCUT2D eigenvalue weighted by Gasteiger charge is -2.13. The normalized spacial score (nSPS) is 14.0. The van der Waals surface area contributed by atoms with Gasteiger partial charge < -0.3 is 15.2 Å². The zero-order valence-electron chi connectivity index (χ0n) is 14.1. The van der Waals surface area contributed by atoms with Crippen LogP contribution in [-0.4, -0.2) is 32.9 Å². The Kier molecular flexibility index (Phi) is 5.82. The van der Waals surface area contributed by atoms with Crippen molar-refractivity contribution in [2.45, 2.75) is 33.4 Å². The number of benzene rings is 1. The number of rotatable bonds is 6. The first kappa shape index (κ1) is 17.5. The summed E-state index contributed by atoms with van der Waals surface area (Å²) >= 11 is 0. The number of amides is 2. The van der Waals surface area contributed by atoms with Gasteiger partial charge in [-0.15, -0.1) is 0 Å². The van der Waals surface area contributed by atoms with E-state index < -0.39 is 10.8 Å². The van der Waals surface area contributed by atoms with Crippen LogP contribution in [0.15, 0.2) is 30.5 Å². The highest BCUT2D eigenvalue weighted by Gasteiger charge is 2.10. The number of nitrogens with zero attached hydrogens (tertiary/aromatic N) is 1. The van der Waals surface area contributed by atoms with E-state index in [1.807, 2.05) is 25.1 Å². The highest BCUT2D eigenvalue weighted by atomic mass is 32.2. The minimum atomic E-state index is -0.925. The van der Waals surface area contributed by atoms with Crippen molar-refractivity contribution in [1.29, 1.82) is 0 Å². The quantitative estimate of drug-likeness (QED) is 0.851. The lowest BCUT2D eigenvalue weighted by molar-refractivity contribution is 0.250. The highest BCUT2D eigenvalue weighted by Crippen LogP contribution is 2.21. The molecule has 0 saturated heterocycles. The van der Waals surface area contributed by atoms with Gasteiger partial charge in [-0.05, 0) is 37.1 Å². The highest BCUT2D eigenvalue weighted by molar-refractivity contribution is 7.84. The summed E-state index contributed by atoms with van der Waals surface area (Å²) in [6.07, 6.45) is 3.71. The maximum Gasteiger partial charge on any atom is 0.319 e. The summed E-state index contributed by atoms with van der Waals surface area (Å²) in [5.74, 6) is 1.03. The van der Waals surface area contributed by atoms with Crippen LogP contribution in [0.1, 0.15) is 20.8 Å². The van der Waals surface area contributed by atoms with Crippen molar-refractivity contribution in [3.8, 4) is 0 Å². The Labute approximate surface area is 139 Å². The maximum atomic E-state index is 12.0. The molecule has 1 heterocycles. The van der Waals surface area contributed by atoms with Crippen molar-refractivity contribution < 1.29 is 9.00 Å². The van der Waals surface area contributed by atoms with Gasteiger partial charge in [-0.1, -0.05) is 13.8 Å². The Hall–Kier alpha value is -1.82. The van der Waals surface area contributed by atoms with Gasteiger partial charge in [-0.25, -0.2) is 4.79 Å². The smallest absolute Gasteiger partial charge is 0.319 e. The first-order chi connectivity index (χ1) is 10.8. The minimum Gasteiger partial charge on any atom is -0.347 e. The number of nitrogens with one attached hydrogen (secondary N) is 2. The molecule has 2 atom stereocenters. The zero-order valence-corrected chi connectivity index (χ0v) is 14.9. The molecular formula is C17H25N3O2S. The van der Waals surface area contributed by atoms with Gasteiger partial charge in [0.05, 0.1) is 0 Å². The molecule has 2 N–H and O–H groups in total. The summed E-state index contributed by atoms with van der Waals surface area (Å²) in [7, 11) is -0.925. The summed E-state index contributed by atoms with van der Waals surface area (Å²) in [6.45, 7) is 7.20. The van der Waals surface area contributed by atoms with Gasteiger partial charge >= 0.3 is 6.03 Å². The molecule has 0 aliphatic rings. The van der Waals surface area contributed by atoms with Crippen molar-refractivity contribution in [2.75, 3.05) is 17.3 Å². The van der Waals surface area contributed by atoms with Crippen LogP contribution in [0.3, 0.4) is 0 Å². The number of urea groups is 1. The molecular weight excluding hydrogens is 310 g/mol. The van der Waals surface area contributed by atoms with Crippen LogP contribution in [0.2, 0.25) is 0 Å². The maximum absolute atomic E-state index is 12.0. The van der Waals surface area contributed by atoms with E-state index in [9.17, 15) is 9.00 Å². The first-order valence-electron chi connectivity index (χ1n) is 7.81. The number of anilines is 1. The lowest BCUT2D eigenvalue weighted by Crippen LogP contribution is -2.39. The Morgan fingerprint density at radius 2 is 2.00 bits per heavy atom. The average molecular weight is 335 g/mol. The molecule has 0 radical (unpaired) electrons. The van der Waals surface area contributed by atoms with E-state index in [4.69, 9.17) is 0 Å². The van der Waals surface area contributed by atoms with Gasteiger partial charge in [0.25, 0.3) is 0 Å². The first-order valence-corrected chi connectivity index (χ1v) is 9.54. The van der Waals surface area contributed by atoms with Crippen molar-refractivity contribution in [1.82, 2.24) is 9.88 Å². The number of hydrogen-bond acceptors (Lipinski definition) is 2. The van der Waals surface area contributed by atoms with Gasteiger partial charge in [-0.3, -0.25) is 4.21 Å². The Morgan fingerprint density at radius 1 is 1.26 bits per heavy atom. The van der Waals surface area contributed by atoms with Crippen LogP contribution in [-0.2, 0) is 17.3 Å². The van der Waals surface area contributed by atoms with Gasteiger partial charge in [0.15, 0.2) is 0 Å². The third-order valence-electron chi connectivity index (χ3n) is 3.45. The Bertz CT molecular complexity index is 709. The monoisotopic (exact) mass is 335 g/mol. The molecule has 23 heavy (non-hydrogen) atoms. The largest absolute Gasteiger partial charge is 0.347 e. The molecule has 126 valence electrons. The summed E-state index contributed by atoms with van der Waals surface area (Å²) in [6, 6.07) is 7.55. The topological polar surface area (TPSA) is 63.1 Å². The van der Waals surface area contributed by atoms with E-state index in [1.165, 1.54) is 5.52 Å². The summed E-state index contributed by atoms with van der Waals surface area (Å²) in [5.41, 5.74) is 1.92. The fraction of sp³-hybridized carbons (Fsp3) is 0.471. The van der Waals surface area contributed by atoms with Crippen LogP contribution in [0.5, 0.6) is 0 Å². The molecule has 2 amide bonds. The van der Waals surface area contributed by atoms with Crippen molar-refractivity contribution in [2.24, 2.45) is 5.92 Å². The third kappa shape index (κ3) is 5.10. The van der Waals surface area contributed by atoms with E-state index >= 15 is 0 Å². The number of fused-ring (bicyclic) bond motifs is 1. The molecule has 0 aliphatic heterocycles. The molecule has 2 aromatic rings. The SMILES string of the molecule is CC(C)Cn1ccc2cc(NC(=O)N[C@H](C)C[S@](C)=O)ccc21. The summed E-state index contributed by atoms with van der Waals surface area (Å²) in [5, 5.41) is 6.72. The van der Waals surface area contributed by atoms with E-state index in [1.54, 1.807) is 6.26 Å². The second kappa shape index (κ2) is 7.64. The van der Waals surface area contributed by atoms with Crippen molar-refractivity contribution in [3.63, 3.8) is 0 Å². The number of carbonyl (C=O) groups is 1. The van der Waals surface area contributed by atoms with Crippen molar-refractivity contribution >= 4 is 33.4 Å². The van der Waals surface area contributed by atoms with E-state index in [-0.39, 0.29) is 12.1 Å². The van der Waals surface area contributed by atoms with Crippen LogP contribution in [0.25, 0.3) is 10.9 Å². The van der Waals surface area contributed by atoms with Gasteiger partial charge in [0.1, 0.15) is 0 Å². The van der Waals surface area contributed by atoms with Gasteiger partial charge in [0, 0.05) is 58.2 Å². The van der Waals surface area contributed by atoms with Crippen LogP contribution >= 0.6 is 0 Å². The molecule has 0 saturated carbocycles. The van der Waals surface area contributed by atoms with Crippen molar-refractivity contribution in [3.05, 3.63) is 30.5 Å².